The number of carbonyl (C=O) groups is 2. The Balaban J connectivity index is 1.66. The standard InChI is InChI=1S/C21H18F3N3O3/c22-21(23,24)18-10-11-27(26-18)17-8-6-16(7-9-17)25-19(28)12-15(13-20(29)30)14-4-2-1-3-5-14/h1-11,15H,12-13H2,(H,25,28)(H,29,30)/t15-/m1/s1. The summed E-state index contributed by atoms with van der Waals surface area (Å²) in [5.74, 6) is -1.84. The van der Waals surface area contributed by atoms with Crippen molar-refractivity contribution in [3.63, 3.8) is 0 Å². The van der Waals surface area contributed by atoms with Crippen molar-refractivity contribution in [2.24, 2.45) is 0 Å². The second-order valence-electron chi connectivity index (χ2n) is 6.65. The lowest BCUT2D eigenvalue weighted by atomic mass is 9.92. The first-order chi connectivity index (χ1) is 14.2. The van der Waals surface area contributed by atoms with Crippen molar-refractivity contribution in [3.05, 3.63) is 78.1 Å². The van der Waals surface area contributed by atoms with Crippen LogP contribution in [0, 0.1) is 0 Å². The lowest BCUT2D eigenvalue weighted by molar-refractivity contribution is -0.141. The van der Waals surface area contributed by atoms with Gasteiger partial charge < -0.3 is 10.4 Å². The molecular weight excluding hydrogens is 399 g/mol. The Morgan fingerprint density at radius 3 is 2.23 bits per heavy atom. The number of rotatable bonds is 7. The molecule has 0 spiro atoms. The van der Waals surface area contributed by atoms with Gasteiger partial charge in [-0.05, 0) is 35.9 Å². The first-order valence-corrected chi connectivity index (χ1v) is 9.02. The molecule has 0 aliphatic carbocycles. The zero-order valence-corrected chi connectivity index (χ0v) is 15.6. The molecule has 2 N–H and O–H groups in total. The van der Waals surface area contributed by atoms with Crippen LogP contribution < -0.4 is 5.32 Å². The minimum atomic E-state index is -4.52. The SMILES string of the molecule is O=C(O)C[C@@H](CC(=O)Nc1ccc(-n2ccc(C(F)(F)F)n2)cc1)c1ccccc1. The van der Waals surface area contributed by atoms with Gasteiger partial charge in [0, 0.05) is 24.2 Å². The Hall–Kier alpha value is -3.62. The predicted octanol–water partition coefficient (Wildman–Crippen LogP) is 4.48. The molecule has 156 valence electrons. The molecule has 0 bridgehead atoms. The van der Waals surface area contributed by atoms with Gasteiger partial charge in [0.25, 0.3) is 0 Å². The average molecular weight is 417 g/mol. The number of anilines is 1. The Bertz CT molecular complexity index is 1020. The molecule has 1 aromatic heterocycles. The highest BCUT2D eigenvalue weighted by Gasteiger charge is 2.33. The number of carboxylic acids is 1. The van der Waals surface area contributed by atoms with E-state index in [1.807, 2.05) is 0 Å². The Kier molecular flexibility index (Phi) is 6.20. The van der Waals surface area contributed by atoms with E-state index in [0.29, 0.717) is 11.4 Å². The number of hydrogen-bond acceptors (Lipinski definition) is 3. The number of aliphatic carboxylic acids is 1. The van der Waals surface area contributed by atoms with Crippen molar-refractivity contribution in [3.8, 4) is 5.69 Å². The van der Waals surface area contributed by atoms with Crippen LogP contribution in [0.2, 0.25) is 0 Å². The normalized spacial score (nSPS) is 12.4. The molecule has 0 radical (unpaired) electrons. The predicted molar refractivity (Wildman–Crippen MR) is 103 cm³/mol. The summed E-state index contributed by atoms with van der Waals surface area (Å²) < 4.78 is 39.1. The molecule has 30 heavy (non-hydrogen) atoms. The third-order valence-corrected chi connectivity index (χ3v) is 4.42. The van der Waals surface area contributed by atoms with Crippen molar-refractivity contribution in [1.82, 2.24) is 9.78 Å². The second kappa shape index (κ2) is 8.81. The number of alkyl halides is 3. The van der Waals surface area contributed by atoms with Crippen LogP contribution >= 0.6 is 0 Å². The first-order valence-electron chi connectivity index (χ1n) is 9.02. The number of hydrogen-bond donors (Lipinski definition) is 2. The maximum atomic E-state index is 12.7. The van der Waals surface area contributed by atoms with E-state index >= 15 is 0 Å². The largest absolute Gasteiger partial charge is 0.481 e. The van der Waals surface area contributed by atoms with Gasteiger partial charge in [-0.15, -0.1) is 0 Å². The van der Waals surface area contributed by atoms with Crippen molar-refractivity contribution in [1.29, 1.82) is 0 Å². The summed E-state index contributed by atoms with van der Waals surface area (Å²) in [5.41, 5.74) is 0.598. The summed E-state index contributed by atoms with van der Waals surface area (Å²) in [6.45, 7) is 0. The van der Waals surface area contributed by atoms with Crippen molar-refractivity contribution in [2.75, 3.05) is 5.32 Å². The molecule has 2 aromatic carbocycles. The van der Waals surface area contributed by atoms with Gasteiger partial charge in [-0.1, -0.05) is 30.3 Å². The highest BCUT2D eigenvalue weighted by Crippen LogP contribution is 2.28. The van der Waals surface area contributed by atoms with Gasteiger partial charge in [0.05, 0.1) is 12.1 Å². The minimum Gasteiger partial charge on any atom is -0.481 e. The zero-order valence-electron chi connectivity index (χ0n) is 15.6. The van der Waals surface area contributed by atoms with Crippen molar-refractivity contribution < 1.29 is 27.9 Å². The third kappa shape index (κ3) is 5.47. The van der Waals surface area contributed by atoms with Crippen LogP contribution in [0.5, 0.6) is 0 Å². The second-order valence-corrected chi connectivity index (χ2v) is 6.65. The van der Waals surface area contributed by atoms with Crippen LogP contribution in [0.3, 0.4) is 0 Å². The summed E-state index contributed by atoms with van der Waals surface area (Å²) >= 11 is 0. The summed E-state index contributed by atoms with van der Waals surface area (Å²) in [6.07, 6.45) is -3.53. The van der Waals surface area contributed by atoms with E-state index in [1.165, 1.54) is 30.5 Å². The maximum absolute atomic E-state index is 12.7. The molecule has 3 rings (SSSR count). The van der Waals surface area contributed by atoms with E-state index < -0.39 is 23.8 Å². The fourth-order valence-electron chi connectivity index (χ4n) is 3.00. The van der Waals surface area contributed by atoms with Gasteiger partial charge in [0.2, 0.25) is 5.91 Å². The van der Waals surface area contributed by atoms with E-state index in [0.717, 1.165) is 16.3 Å². The highest BCUT2D eigenvalue weighted by molar-refractivity contribution is 5.91. The molecule has 0 aliphatic rings. The first kappa shape index (κ1) is 21.1. The Morgan fingerprint density at radius 2 is 1.67 bits per heavy atom. The van der Waals surface area contributed by atoms with Crippen LogP contribution in [-0.4, -0.2) is 26.8 Å². The van der Waals surface area contributed by atoms with Gasteiger partial charge in [-0.25, -0.2) is 4.68 Å². The lowest BCUT2D eigenvalue weighted by Crippen LogP contribution is -2.17. The molecule has 1 heterocycles. The van der Waals surface area contributed by atoms with Gasteiger partial charge >= 0.3 is 12.1 Å². The number of nitrogens with zero attached hydrogens (tertiary/aromatic N) is 2. The Morgan fingerprint density at radius 1 is 1.00 bits per heavy atom. The molecule has 0 saturated heterocycles. The smallest absolute Gasteiger partial charge is 0.435 e. The lowest BCUT2D eigenvalue weighted by Gasteiger charge is -2.15. The van der Waals surface area contributed by atoms with Gasteiger partial charge in [-0.2, -0.15) is 18.3 Å². The van der Waals surface area contributed by atoms with E-state index in [4.69, 9.17) is 5.11 Å². The number of carbonyl (C=O) groups excluding carboxylic acids is 1. The molecule has 0 saturated carbocycles. The van der Waals surface area contributed by atoms with E-state index in [-0.39, 0.29) is 18.7 Å². The third-order valence-electron chi connectivity index (χ3n) is 4.42. The van der Waals surface area contributed by atoms with Gasteiger partial charge in [0.15, 0.2) is 5.69 Å². The number of aromatic nitrogens is 2. The Labute approximate surface area is 170 Å². The van der Waals surface area contributed by atoms with Crippen LogP contribution in [0.25, 0.3) is 5.69 Å². The molecule has 3 aromatic rings. The van der Waals surface area contributed by atoms with Crippen molar-refractivity contribution >= 4 is 17.6 Å². The monoisotopic (exact) mass is 417 g/mol. The minimum absolute atomic E-state index is 0.0217. The number of amides is 1. The van der Waals surface area contributed by atoms with Crippen LogP contribution in [0.4, 0.5) is 18.9 Å². The number of carboxylic acid groups (broad SMARTS) is 1. The molecule has 1 atom stereocenters. The molecule has 0 fully saturated rings. The zero-order chi connectivity index (χ0) is 21.7. The number of nitrogens with one attached hydrogen (secondary N) is 1. The summed E-state index contributed by atoms with van der Waals surface area (Å²) in [6, 6.07) is 15.9. The average Bonchev–Trinajstić information content (AvgIpc) is 3.19. The van der Waals surface area contributed by atoms with Crippen LogP contribution in [-0.2, 0) is 15.8 Å². The molecular formula is C21H18F3N3O3. The fraction of sp³-hybridized carbons (Fsp3) is 0.190. The molecule has 9 heteroatoms. The fourth-order valence-corrected chi connectivity index (χ4v) is 3.00. The summed E-state index contributed by atoms with van der Waals surface area (Å²) in [7, 11) is 0. The van der Waals surface area contributed by atoms with E-state index in [2.05, 4.69) is 10.4 Å². The molecule has 1 amide bonds. The molecule has 6 nitrogen and oxygen atoms in total. The van der Waals surface area contributed by atoms with Gasteiger partial charge in [-0.3, -0.25) is 9.59 Å². The molecule has 0 aliphatic heterocycles. The topological polar surface area (TPSA) is 84.2 Å². The quantitative estimate of drug-likeness (QED) is 0.594. The summed E-state index contributed by atoms with van der Waals surface area (Å²) in [4.78, 5) is 23.5. The maximum Gasteiger partial charge on any atom is 0.435 e. The van der Waals surface area contributed by atoms with Crippen LogP contribution in [0.1, 0.15) is 30.0 Å². The number of halogens is 3. The highest BCUT2D eigenvalue weighted by atomic mass is 19.4. The van der Waals surface area contributed by atoms with E-state index in [1.54, 1.807) is 30.3 Å². The number of benzene rings is 2. The van der Waals surface area contributed by atoms with E-state index in [9.17, 15) is 22.8 Å². The van der Waals surface area contributed by atoms with Crippen molar-refractivity contribution in [2.45, 2.75) is 24.9 Å². The van der Waals surface area contributed by atoms with Crippen LogP contribution in [0.15, 0.2) is 66.9 Å². The molecule has 0 unspecified atom stereocenters. The summed E-state index contributed by atoms with van der Waals surface area (Å²) in [5, 5.41) is 15.3. The van der Waals surface area contributed by atoms with Gasteiger partial charge in [0.1, 0.15) is 0 Å².